The largest absolute Gasteiger partial charge is 0.372 e. The molecule has 0 unspecified atom stereocenters. The molecule has 0 aromatic heterocycles. The van der Waals surface area contributed by atoms with Gasteiger partial charge in [0, 0.05) is 23.8 Å². The van der Waals surface area contributed by atoms with Crippen LogP contribution in [-0.4, -0.2) is 19.0 Å². The molecule has 1 aliphatic rings. The summed E-state index contributed by atoms with van der Waals surface area (Å²) >= 11 is 5.88. The first kappa shape index (κ1) is 18.8. The maximum atomic E-state index is 12.3. The Morgan fingerprint density at radius 2 is 1.73 bits per heavy atom. The van der Waals surface area contributed by atoms with Crippen LogP contribution in [0.5, 0.6) is 0 Å². The summed E-state index contributed by atoms with van der Waals surface area (Å²) in [7, 11) is 0. The molecule has 26 heavy (non-hydrogen) atoms. The number of carbonyl (C=O) groups excluding carboxylic acids is 1. The van der Waals surface area contributed by atoms with Crippen LogP contribution in [0.4, 0.5) is 5.69 Å². The van der Waals surface area contributed by atoms with Crippen LogP contribution < -0.4 is 10.2 Å². The molecule has 3 rings (SSSR count). The molecule has 1 aliphatic heterocycles. The minimum absolute atomic E-state index is 0.00905. The van der Waals surface area contributed by atoms with Crippen LogP contribution in [0.2, 0.25) is 5.02 Å². The van der Waals surface area contributed by atoms with Gasteiger partial charge in [-0.25, -0.2) is 0 Å². The summed E-state index contributed by atoms with van der Waals surface area (Å²) in [6.45, 7) is 6.62. The number of nitrogens with zero attached hydrogens (tertiary/aromatic N) is 1. The van der Waals surface area contributed by atoms with E-state index < -0.39 is 0 Å². The van der Waals surface area contributed by atoms with Crippen LogP contribution in [-0.2, 0) is 11.2 Å². The first-order valence-corrected chi connectivity index (χ1v) is 9.78. The molecule has 1 fully saturated rings. The number of carbonyl (C=O) groups is 1. The summed E-state index contributed by atoms with van der Waals surface area (Å²) in [6.07, 6.45) is 2.89. The SMILES string of the molecule is CC1CCN(c2ccc([C@H](C)NC(=O)Cc3ccc(Cl)cc3)cc2)CC1. The average Bonchev–Trinajstić information content (AvgIpc) is 2.64. The van der Waals surface area contributed by atoms with E-state index in [9.17, 15) is 4.79 Å². The lowest BCUT2D eigenvalue weighted by atomic mass is 9.98. The number of rotatable bonds is 5. The third kappa shape index (κ3) is 5.01. The van der Waals surface area contributed by atoms with Crippen LogP contribution >= 0.6 is 11.6 Å². The number of halogens is 1. The van der Waals surface area contributed by atoms with Gasteiger partial charge >= 0.3 is 0 Å². The molecule has 0 saturated carbocycles. The zero-order valence-corrected chi connectivity index (χ0v) is 16.3. The Balaban J connectivity index is 1.54. The third-order valence-corrected chi connectivity index (χ3v) is 5.45. The van der Waals surface area contributed by atoms with Gasteiger partial charge in [0.25, 0.3) is 0 Å². The zero-order valence-electron chi connectivity index (χ0n) is 15.5. The molecule has 0 spiro atoms. The number of hydrogen-bond donors (Lipinski definition) is 1. The van der Waals surface area contributed by atoms with Crippen molar-refractivity contribution >= 4 is 23.2 Å². The highest BCUT2D eigenvalue weighted by atomic mass is 35.5. The van der Waals surface area contributed by atoms with Crippen molar-refractivity contribution in [1.29, 1.82) is 0 Å². The number of benzene rings is 2. The molecule has 2 aromatic carbocycles. The van der Waals surface area contributed by atoms with E-state index in [2.05, 4.69) is 41.4 Å². The Bertz CT molecular complexity index is 719. The lowest BCUT2D eigenvalue weighted by Crippen LogP contribution is -2.32. The fraction of sp³-hybridized carbons (Fsp3) is 0.409. The fourth-order valence-electron chi connectivity index (χ4n) is 3.40. The van der Waals surface area contributed by atoms with Crippen molar-refractivity contribution < 1.29 is 4.79 Å². The van der Waals surface area contributed by atoms with Gasteiger partial charge in [-0.15, -0.1) is 0 Å². The van der Waals surface area contributed by atoms with E-state index in [-0.39, 0.29) is 11.9 Å². The highest BCUT2D eigenvalue weighted by Crippen LogP contribution is 2.24. The van der Waals surface area contributed by atoms with E-state index in [1.165, 1.54) is 18.5 Å². The molecule has 1 atom stereocenters. The topological polar surface area (TPSA) is 32.3 Å². The zero-order chi connectivity index (χ0) is 18.5. The number of nitrogens with one attached hydrogen (secondary N) is 1. The van der Waals surface area contributed by atoms with Crippen LogP contribution in [0.1, 0.15) is 43.9 Å². The molecular formula is C22H27ClN2O. The van der Waals surface area contributed by atoms with Gasteiger partial charge in [0.05, 0.1) is 12.5 Å². The van der Waals surface area contributed by atoms with Gasteiger partial charge in [0.15, 0.2) is 0 Å². The molecule has 2 aromatic rings. The summed E-state index contributed by atoms with van der Waals surface area (Å²) in [5.74, 6) is 0.857. The molecule has 0 aliphatic carbocycles. The molecule has 1 amide bonds. The van der Waals surface area contributed by atoms with Gasteiger partial charge < -0.3 is 10.2 Å². The molecule has 0 radical (unpaired) electrons. The lowest BCUT2D eigenvalue weighted by molar-refractivity contribution is -0.121. The maximum Gasteiger partial charge on any atom is 0.224 e. The number of amides is 1. The van der Waals surface area contributed by atoms with Crippen LogP contribution in [0, 0.1) is 5.92 Å². The Hall–Kier alpha value is -2.00. The average molecular weight is 371 g/mol. The van der Waals surface area contributed by atoms with Gasteiger partial charge in [-0.3, -0.25) is 4.79 Å². The Labute approximate surface area is 161 Å². The van der Waals surface area contributed by atoms with E-state index in [0.29, 0.717) is 11.4 Å². The monoisotopic (exact) mass is 370 g/mol. The van der Waals surface area contributed by atoms with E-state index in [4.69, 9.17) is 11.6 Å². The first-order chi connectivity index (χ1) is 12.5. The fourth-order valence-corrected chi connectivity index (χ4v) is 3.53. The molecular weight excluding hydrogens is 344 g/mol. The van der Waals surface area contributed by atoms with Crippen molar-refractivity contribution in [1.82, 2.24) is 5.32 Å². The smallest absolute Gasteiger partial charge is 0.224 e. The third-order valence-electron chi connectivity index (χ3n) is 5.20. The summed E-state index contributed by atoms with van der Waals surface area (Å²) in [6, 6.07) is 16.0. The van der Waals surface area contributed by atoms with Crippen LogP contribution in [0.3, 0.4) is 0 Å². The van der Waals surface area contributed by atoms with Gasteiger partial charge in [-0.2, -0.15) is 0 Å². The van der Waals surface area contributed by atoms with Crippen molar-refractivity contribution in [2.45, 2.75) is 39.2 Å². The molecule has 1 heterocycles. The van der Waals surface area contributed by atoms with Crippen molar-refractivity contribution in [3.8, 4) is 0 Å². The van der Waals surface area contributed by atoms with Gasteiger partial charge in [-0.05, 0) is 61.1 Å². The summed E-state index contributed by atoms with van der Waals surface area (Å²) in [4.78, 5) is 14.7. The molecule has 1 N–H and O–H groups in total. The Morgan fingerprint density at radius 1 is 1.12 bits per heavy atom. The minimum Gasteiger partial charge on any atom is -0.372 e. The summed E-state index contributed by atoms with van der Waals surface area (Å²) in [5, 5.41) is 3.76. The van der Waals surface area contributed by atoms with E-state index in [1.807, 2.05) is 31.2 Å². The second kappa shape index (κ2) is 8.59. The quantitative estimate of drug-likeness (QED) is 0.803. The first-order valence-electron chi connectivity index (χ1n) is 9.40. The normalized spacial score (nSPS) is 16.3. The maximum absolute atomic E-state index is 12.3. The summed E-state index contributed by atoms with van der Waals surface area (Å²) in [5.41, 5.74) is 3.37. The van der Waals surface area contributed by atoms with E-state index in [1.54, 1.807) is 0 Å². The number of piperidine rings is 1. The molecule has 138 valence electrons. The standard InChI is InChI=1S/C22H27ClN2O/c1-16-11-13-25(14-12-16)21-9-5-19(6-10-21)17(2)24-22(26)15-18-3-7-20(23)8-4-18/h3-10,16-17H,11-15H2,1-2H3,(H,24,26)/t17-/m0/s1. The highest BCUT2D eigenvalue weighted by Gasteiger charge is 2.16. The predicted octanol–water partition coefficient (Wildman–Crippen LogP) is 5.00. The van der Waals surface area contributed by atoms with E-state index in [0.717, 1.165) is 30.1 Å². The molecule has 1 saturated heterocycles. The molecule has 0 bridgehead atoms. The second-order valence-corrected chi connectivity index (χ2v) is 7.79. The molecule has 3 nitrogen and oxygen atoms in total. The van der Waals surface area contributed by atoms with E-state index >= 15 is 0 Å². The Morgan fingerprint density at radius 3 is 2.35 bits per heavy atom. The van der Waals surface area contributed by atoms with Crippen molar-refractivity contribution in [3.63, 3.8) is 0 Å². The minimum atomic E-state index is -0.00905. The van der Waals surface area contributed by atoms with Gasteiger partial charge in [0.1, 0.15) is 0 Å². The van der Waals surface area contributed by atoms with Crippen LogP contribution in [0.25, 0.3) is 0 Å². The van der Waals surface area contributed by atoms with Gasteiger partial charge in [-0.1, -0.05) is 42.8 Å². The number of hydrogen-bond acceptors (Lipinski definition) is 2. The second-order valence-electron chi connectivity index (χ2n) is 7.35. The Kier molecular flexibility index (Phi) is 6.20. The summed E-state index contributed by atoms with van der Waals surface area (Å²) < 4.78 is 0. The van der Waals surface area contributed by atoms with Crippen molar-refractivity contribution in [2.75, 3.05) is 18.0 Å². The molecule has 4 heteroatoms. The highest BCUT2D eigenvalue weighted by molar-refractivity contribution is 6.30. The lowest BCUT2D eigenvalue weighted by Gasteiger charge is -2.32. The van der Waals surface area contributed by atoms with Crippen molar-refractivity contribution in [3.05, 3.63) is 64.7 Å². The predicted molar refractivity (Wildman–Crippen MR) is 109 cm³/mol. The number of anilines is 1. The van der Waals surface area contributed by atoms with Gasteiger partial charge in [0.2, 0.25) is 5.91 Å². The van der Waals surface area contributed by atoms with Crippen LogP contribution in [0.15, 0.2) is 48.5 Å². The van der Waals surface area contributed by atoms with Crippen molar-refractivity contribution in [2.24, 2.45) is 5.92 Å².